The number of thioether (sulfide) groups is 2. The van der Waals surface area contributed by atoms with Crippen molar-refractivity contribution in [3.05, 3.63) is 12.4 Å². The number of hydrogen-bond acceptors (Lipinski definition) is 6. The van der Waals surface area contributed by atoms with Gasteiger partial charge in [0.15, 0.2) is 0 Å². The van der Waals surface area contributed by atoms with Crippen molar-refractivity contribution in [2.45, 2.75) is 24.3 Å². The van der Waals surface area contributed by atoms with Crippen LogP contribution in [0.15, 0.2) is 12.4 Å². The molecular weight excluding hydrogens is 288 g/mol. The second-order valence-corrected chi connectivity index (χ2v) is 8.58. The summed E-state index contributed by atoms with van der Waals surface area (Å²) in [7, 11) is 0. The van der Waals surface area contributed by atoms with E-state index in [9.17, 15) is 0 Å². The second-order valence-electron chi connectivity index (χ2n) is 5.49. The van der Waals surface area contributed by atoms with Crippen molar-refractivity contribution in [1.82, 2.24) is 9.97 Å². The highest BCUT2D eigenvalue weighted by Gasteiger charge is 2.21. The summed E-state index contributed by atoms with van der Waals surface area (Å²) in [5.74, 6) is 4.57. The van der Waals surface area contributed by atoms with Gasteiger partial charge in [-0.3, -0.25) is 0 Å². The fraction of sp³-hybridized carbons (Fsp3) is 0.714. The lowest BCUT2D eigenvalue weighted by Gasteiger charge is -2.34. The number of anilines is 2. The Morgan fingerprint density at radius 3 is 1.90 bits per heavy atom. The predicted molar refractivity (Wildman–Crippen MR) is 90.3 cm³/mol. The second kappa shape index (κ2) is 6.43. The molecule has 2 aliphatic heterocycles. The van der Waals surface area contributed by atoms with Gasteiger partial charge in [0.2, 0.25) is 0 Å². The Morgan fingerprint density at radius 2 is 1.45 bits per heavy atom. The minimum Gasteiger partial charge on any atom is -0.355 e. The maximum absolute atomic E-state index is 4.49. The molecule has 0 N–H and O–H groups in total. The molecule has 2 atom stereocenters. The van der Waals surface area contributed by atoms with Crippen LogP contribution in [0.2, 0.25) is 0 Å². The Labute approximate surface area is 129 Å². The normalized spacial score (nSPS) is 27.7. The standard InChI is InChI=1S/C14H22N4S2/c1-11-8-17(3-5-19-11)13-7-14(16-10-15-13)18-4-6-20-12(2)9-18/h7,10-12H,3-6,8-9H2,1-2H3/t11-,12+. The van der Waals surface area contributed by atoms with E-state index in [2.05, 4.69) is 63.2 Å². The van der Waals surface area contributed by atoms with Crippen molar-refractivity contribution in [2.24, 2.45) is 0 Å². The number of rotatable bonds is 2. The van der Waals surface area contributed by atoms with Crippen molar-refractivity contribution in [2.75, 3.05) is 47.5 Å². The summed E-state index contributed by atoms with van der Waals surface area (Å²) in [6, 6.07) is 2.17. The van der Waals surface area contributed by atoms with Crippen molar-refractivity contribution in [3.8, 4) is 0 Å². The molecule has 1 aromatic heterocycles. The average molecular weight is 310 g/mol. The van der Waals surface area contributed by atoms with Gasteiger partial charge < -0.3 is 9.80 Å². The van der Waals surface area contributed by atoms with Crippen LogP contribution in [-0.4, -0.2) is 58.2 Å². The molecule has 110 valence electrons. The van der Waals surface area contributed by atoms with Crippen LogP contribution in [0.3, 0.4) is 0 Å². The lowest BCUT2D eigenvalue weighted by molar-refractivity contribution is 0.752. The van der Waals surface area contributed by atoms with Crippen LogP contribution < -0.4 is 9.80 Å². The van der Waals surface area contributed by atoms with Crippen LogP contribution >= 0.6 is 23.5 Å². The lowest BCUT2D eigenvalue weighted by atomic mass is 10.3. The van der Waals surface area contributed by atoms with E-state index in [1.54, 1.807) is 6.33 Å². The molecule has 0 aromatic carbocycles. The average Bonchev–Trinajstić information content (AvgIpc) is 2.47. The van der Waals surface area contributed by atoms with Gasteiger partial charge in [-0.2, -0.15) is 23.5 Å². The van der Waals surface area contributed by atoms with E-state index >= 15 is 0 Å². The molecule has 0 saturated carbocycles. The third kappa shape index (κ3) is 3.34. The smallest absolute Gasteiger partial charge is 0.134 e. The minimum atomic E-state index is 0.688. The van der Waals surface area contributed by atoms with Gasteiger partial charge in [0.05, 0.1) is 0 Å². The molecule has 0 radical (unpaired) electrons. The maximum Gasteiger partial charge on any atom is 0.134 e. The highest BCUT2D eigenvalue weighted by atomic mass is 32.2. The summed E-state index contributed by atoms with van der Waals surface area (Å²) in [6.07, 6.45) is 1.73. The Hall–Kier alpha value is -0.620. The lowest BCUT2D eigenvalue weighted by Crippen LogP contribution is -2.39. The first-order valence-electron chi connectivity index (χ1n) is 7.27. The van der Waals surface area contributed by atoms with Crippen LogP contribution in [0.1, 0.15) is 13.8 Å². The first-order chi connectivity index (χ1) is 9.72. The fourth-order valence-electron chi connectivity index (χ4n) is 2.74. The predicted octanol–water partition coefficient (Wildman–Crippen LogP) is 2.36. The van der Waals surface area contributed by atoms with Gasteiger partial charge in [-0.25, -0.2) is 9.97 Å². The van der Waals surface area contributed by atoms with E-state index in [1.807, 2.05) is 0 Å². The molecule has 2 aliphatic rings. The van der Waals surface area contributed by atoms with Crippen molar-refractivity contribution < 1.29 is 0 Å². The summed E-state index contributed by atoms with van der Waals surface area (Å²) in [6.45, 7) is 8.96. The van der Waals surface area contributed by atoms with Gasteiger partial charge >= 0.3 is 0 Å². The molecule has 1 aromatic rings. The Bertz CT molecular complexity index is 419. The molecule has 3 heterocycles. The molecule has 4 nitrogen and oxygen atoms in total. The van der Waals surface area contributed by atoms with Gasteiger partial charge in [0.1, 0.15) is 18.0 Å². The third-order valence-corrected chi connectivity index (χ3v) is 6.04. The van der Waals surface area contributed by atoms with Crippen LogP contribution in [0, 0.1) is 0 Å². The molecule has 3 rings (SSSR count). The maximum atomic E-state index is 4.49. The Morgan fingerprint density at radius 1 is 0.950 bits per heavy atom. The van der Waals surface area contributed by atoms with E-state index in [1.165, 1.54) is 11.5 Å². The summed E-state index contributed by atoms with van der Waals surface area (Å²) >= 11 is 4.10. The molecule has 0 aliphatic carbocycles. The molecule has 2 fully saturated rings. The zero-order valence-electron chi connectivity index (χ0n) is 12.2. The quantitative estimate of drug-likeness (QED) is 0.834. The third-order valence-electron chi connectivity index (χ3n) is 3.77. The summed E-state index contributed by atoms with van der Waals surface area (Å²) in [4.78, 5) is 13.8. The van der Waals surface area contributed by atoms with Crippen LogP contribution in [0.4, 0.5) is 11.6 Å². The van der Waals surface area contributed by atoms with Gasteiger partial charge in [0, 0.05) is 54.3 Å². The van der Waals surface area contributed by atoms with Gasteiger partial charge in [-0.1, -0.05) is 13.8 Å². The van der Waals surface area contributed by atoms with Crippen molar-refractivity contribution in [1.29, 1.82) is 0 Å². The molecule has 6 heteroatoms. The van der Waals surface area contributed by atoms with Crippen LogP contribution in [0.25, 0.3) is 0 Å². The van der Waals surface area contributed by atoms with E-state index in [-0.39, 0.29) is 0 Å². The molecule has 0 amide bonds. The number of hydrogen-bond donors (Lipinski definition) is 0. The van der Waals surface area contributed by atoms with E-state index < -0.39 is 0 Å². The molecule has 0 spiro atoms. The molecule has 0 unspecified atom stereocenters. The van der Waals surface area contributed by atoms with Gasteiger partial charge in [-0.15, -0.1) is 0 Å². The van der Waals surface area contributed by atoms with Crippen molar-refractivity contribution >= 4 is 35.2 Å². The van der Waals surface area contributed by atoms with Gasteiger partial charge in [0.25, 0.3) is 0 Å². The molecule has 20 heavy (non-hydrogen) atoms. The Kier molecular flexibility index (Phi) is 4.61. The number of aromatic nitrogens is 2. The minimum absolute atomic E-state index is 0.688. The van der Waals surface area contributed by atoms with Crippen molar-refractivity contribution in [3.63, 3.8) is 0 Å². The molecule has 0 bridgehead atoms. The monoisotopic (exact) mass is 310 g/mol. The van der Waals surface area contributed by atoms with E-state index in [0.717, 1.165) is 37.8 Å². The summed E-state index contributed by atoms with van der Waals surface area (Å²) in [5.41, 5.74) is 0. The fourth-order valence-corrected chi connectivity index (χ4v) is 4.76. The topological polar surface area (TPSA) is 32.3 Å². The molecule has 2 saturated heterocycles. The SMILES string of the molecule is C[C@@H]1CN(c2cc(N3CCS[C@@H](C)C3)ncn2)CCS1. The van der Waals surface area contributed by atoms with E-state index in [4.69, 9.17) is 0 Å². The summed E-state index contributed by atoms with van der Waals surface area (Å²) in [5, 5.41) is 1.38. The van der Waals surface area contributed by atoms with E-state index in [0.29, 0.717) is 10.5 Å². The zero-order valence-corrected chi connectivity index (χ0v) is 13.8. The van der Waals surface area contributed by atoms with Crippen LogP contribution in [-0.2, 0) is 0 Å². The summed E-state index contributed by atoms with van der Waals surface area (Å²) < 4.78 is 0. The molecular formula is C14H22N4S2. The Balaban J connectivity index is 1.75. The first-order valence-corrected chi connectivity index (χ1v) is 9.37. The van der Waals surface area contributed by atoms with Gasteiger partial charge in [-0.05, 0) is 0 Å². The van der Waals surface area contributed by atoms with Crippen LogP contribution in [0.5, 0.6) is 0 Å². The number of nitrogens with zero attached hydrogens (tertiary/aromatic N) is 4. The highest BCUT2D eigenvalue weighted by molar-refractivity contribution is 8.00. The highest BCUT2D eigenvalue weighted by Crippen LogP contribution is 2.26. The first kappa shape index (κ1) is 14.3. The zero-order chi connectivity index (χ0) is 13.9. The largest absolute Gasteiger partial charge is 0.355 e.